The van der Waals surface area contributed by atoms with Gasteiger partial charge >= 0.3 is 12.0 Å². The van der Waals surface area contributed by atoms with Gasteiger partial charge in [0.15, 0.2) is 5.56 Å². The van der Waals surface area contributed by atoms with E-state index in [-0.39, 0.29) is 34.5 Å². The summed E-state index contributed by atoms with van der Waals surface area (Å²) in [5.41, 5.74) is -0.00503. The van der Waals surface area contributed by atoms with Gasteiger partial charge in [-0.05, 0) is 55.5 Å². The molecular weight excluding hydrogens is 491 g/mol. The number of rotatable bonds is 9. The first-order chi connectivity index (χ1) is 14.8. The van der Waals surface area contributed by atoms with Crippen LogP contribution in [0.1, 0.15) is 35.7 Å². The fourth-order valence-electron chi connectivity index (χ4n) is 3.32. The number of halogens is 2. The summed E-state index contributed by atoms with van der Waals surface area (Å²) in [4.78, 5) is 26.3. The topological polar surface area (TPSA) is 104 Å². The van der Waals surface area contributed by atoms with Gasteiger partial charge in [0, 0.05) is 23.1 Å². The van der Waals surface area contributed by atoms with Crippen molar-refractivity contribution in [3.8, 4) is 5.88 Å². The number of hydrogen-bond acceptors (Lipinski definition) is 6. The van der Waals surface area contributed by atoms with E-state index in [1.54, 1.807) is 6.07 Å². The van der Waals surface area contributed by atoms with Crippen molar-refractivity contribution in [3.63, 3.8) is 0 Å². The van der Waals surface area contributed by atoms with Gasteiger partial charge in [-0.15, -0.1) is 0 Å². The van der Waals surface area contributed by atoms with Crippen LogP contribution in [0.15, 0.2) is 22.7 Å². The zero-order valence-corrected chi connectivity index (χ0v) is 19.4. The van der Waals surface area contributed by atoms with Crippen molar-refractivity contribution in [1.82, 2.24) is 14.6 Å². The van der Waals surface area contributed by atoms with Crippen LogP contribution in [-0.4, -0.2) is 52.6 Å². The Hall–Kier alpha value is -2.24. The maximum atomic E-state index is 14.0. The van der Waals surface area contributed by atoms with Crippen LogP contribution in [0.2, 0.25) is 0 Å². The third-order valence-electron chi connectivity index (χ3n) is 4.86. The summed E-state index contributed by atoms with van der Waals surface area (Å²) in [6, 6.07) is 3.97. The number of carbonyl (C=O) groups excluding carboxylic acids is 1. The summed E-state index contributed by atoms with van der Waals surface area (Å²) in [6.07, 6.45) is 2.42. The van der Waals surface area contributed by atoms with Crippen molar-refractivity contribution in [1.29, 1.82) is 0 Å². The van der Waals surface area contributed by atoms with Gasteiger partial charge in [0.2, 0.25) is 5.88 Å². The Balaban J connectivity index is 1.56. The van der Waals surface area contributed by atoms with Gasteiger partial charge in [0.1, 0.15) is 17.4 Å². The van der Waals surface area contributed by atoms with E-state index in [4.69, 9.17) is 4.74 Å². The van der Waals surface area contributed by atoms with Gasteiger partial charge in [-0.1, -0.05) is 28.9 Å². The standard InChI is InChI=1S/C20H24BrFN4O4S/c1-12(10-26-6-2-3-7-26)9-23-20(29)24-18-16(19(27)28)17(25-31-18)30-11-13-4-5-14(21)8-15(13)22/h4-5,8,12H,2-3,6-7,9-11H2,1H3,(H,27,28)(H2,23,24,29). The van der Waals surface area contributed by atoms with E-state index in [9.17, 15) is 19.1 Å². The number of amides is 2. The monoisotopic (exact) mass is 514 g/mol. The average Bonchev–Trinajstić information content (AvgIpc) is 3.35. The number of hydrogen-bond donors (Lipinski definition) is 3. The first kappa shape index (κ1) is 23.4. The van der Waals surface area contributed by atoms with Crippen LogP contribution < -0.4 is 15.4 Å². The molecule has 1 atom stereocenters. The molecule has 0 aliphatic carbocycles. The predicted molar refractivity (Wildman–Crippen MR) is 119 cm³/mol. The fourth-order valence-corrected chi connectivity index (χ4v) is 4.37. The summed E-state index contributed by atoms with van der Waals surface area (Å²) >= 11 is 3.97. The average molecular weight is 515 g/mol. The normalized spacial score (nSPS) is 14.9. The lowest BCUT2D eigenvalue weighted by molar-refractivity contribution is 0.0693. The Morgan fingerprint density at radius 3 is 2.81 bits per heavy atom. The summed E-state index contributed by atoms with van der Waals surface area (Å²) < 4.78 is 23.9. The molecule has 1 aliphatic rings. The van der Waals surface area contributed by atoms with Crippen LogP contribution >= 0.6 is 27.5 Å². The van der Waals surface area contributed by atoms with Gasteiger partial charge in [-0.3, -0.25) is 5.32 Å². The van der Waals surface area contributed by atoms with Crippen molar-refractivity contribution in [2.45, 2.75) is 26.4 Å². The molecule has 2 heterocycles. The minimum absolute atomic E-state index is 0.0588. The lowest BCUT2D eigenvalue weighted by atomic mass is 10.1. The van der Waals surface area contributed by atoms with E-state index < -0.39 is 17.8 Å². The van der Waals surface area contributed by atoms with E-state index >= 15 is 0 Å². The Morgan fingerprint density at radius 2 is 2.13 bits per heavy atom. The van der Waals surface area contributed by atoms with Gasteiger partial charge < -0.3 is 20.1 Å². The summed E-state index contributed by atoms with van der Waals surface area (Å²) in [5.74, 6) is -1.68. The summed E-state index contributed by atoms with van der Waals surface area (Å²) in [7, 11) is 0. The molecule has 11 heteroatoms. The molecule has 0 bridgehead atoms. The predicted octanol–water partition coefficient (Wildman–Crippen LogP) is 4.18. The number of carbonyl (C=O) groups is 2. The Labute approximate surface area is 192 Å². The van der Waals surface area contributed by atoms with Crippen LogP contribution in [0.4, 0.5) is 14.2 Å². The number of nitrogens with one attached hydrogen (secondary N) is 2. The molecule has 1 unspecified atom stereocenters. The number of carboxylic acids is 1. The minimum atomic E-state index is -1.29. The maximum absolute atomic E-state index is 14.0. The lowest BCUT2D eigenvalue weighted by Gasteiger charge is -2.20. The van der Waals surface area contributed by atoms with E-state index in [0.717, 1.165) is 31.2 Å². The molecule has 1 saturated heterocycles. The lowest BCUT2D eigenvalue weighted by Crippen LogP contribution is -2.36. The number of ether oxygens (including phenoxy) is 1. The molecular formula is C20H24BrFN4O4S. The molecule has 0 saturated carbocycles. The summed E-state index contributed by atoms with van der Waals surface area (Å²) in [6.45, 7) is 5.42. The zero-order valence-electron chi connectivity index (χ0n) is 17.0. The van der Waals surface area contributed by atoms with Crippen molar-refractivity contribution < 1.29 is 23.8 Å². The number of aromatic nitrogens is 1. The van der Waals surface area contributed by atoms with Gasteiger partial charge in [0.25, 0.3) is 0 Å². The van der Waals surface area contributed by atoms with Crippen LogP contribution in [0.3, 0.4) is 0 Å². The number of anilines is 1. The molecule has 3 N–H and O–H groups in total. The van der Waals surface area contributed by atoms with Crippen molar-refractivity contribution in [3.05, 3.63) is 39.6 Å². The molecule has 0 radical (unpaired) electrons. The van der Waals surface area contributed by atoms with Crippen molar-refractivity contribution in [2.24, 2.45) is 5.92 Å². The molecule has 1 fully saturated rings. The number of carboxylic acid groups (broad SMARTS) is 1. The summed E-state index contributed by atoms with van der Waals surface area (Å²) in [5, 5.41) is 14.9. The Bertz CT molecular complexity index is 936. The molecule has 0 spiro atoms. The van der Waals surface area contributed by atoms with Gasteiger partial charge in [0.05, 0.1) is 0 Å². The van der Waals surface area contributed by atoms with E-state index in [0.29, 0.717) is 11.0 Å². The van der Waals surface area contributed by atoms with Crippen molar-refractivity contribution in [2.75, 3.05) is 31.5 Å². The highest BCUT2D eigenvalue weighted by atomic mass is 79.9. The third-order valence-corrected chi connectivity index (χ3v) is 6.10. The first-order valence-electron chi connectivity index (χ1n) is 9.90. The highest BCUT2D eigenvalue weighted by Crippen LogP contribution is 2.31. The molecule has 168 valence electrons. The number of nitrogens with zero attached hydrogens (tertiary/aromatic N) is 2. The van der Waals surface area contributed by atoms with Crippen LogP contribution in [0, 0.1) is 11.7 Å². The molecule has 1 aliphatic heterocycles. The number of benzene rings is 1. The quantitative estimate of drug-likeness (QED) is 0.463. The second-order valence-electron chi connectivity index (χ2n) is 7.47. The third kappa shape index (κ3) is 6.62. The van der Waals surface area contributed by atoms with Crippen LogP contribution in [0.5, 0.6) is 5.88 Å². The van der Waals surface area contributed by atoms with E-state index in [1.807, 2.05) is 0 Å². The SMILES string of the molecule is CC(CNC(=O)Nc1snc(OCc2ccc(Br)cc2F)c1C(=O)O)CN1CCCC1. The molecule has 1 aromatic carbocycles. The van der Waals surface area contributed by atoms with E-state index in [2.05, 4.69) is 42.8 Å². The Morgan fingerprint density at radius 1 is 1.39 bits per heavy atom. The minimum Gasteiger partial charge on any atom is -0.477 e. The largest absolute Gasteiger partial charge is 0.477 e. The second-order valence-corrected chi connectivity index (χ2v) is 9.16. The molecule has 2 amide bonds. The number of urea groups is 1. The molecule has 3 rings (SSSR count). The maximum Gasteiger partial charge on any atom is 0.344 e. The van der Waals surface area contributed by atoms with Gasteiger partial charge in [-0.2, -0.15) is 4.37 Å². The van der Waals surface area contributed by atoms with Crippen LogP contribution in [0.25, 0.3) is 0 Å². The fraction of sp³-hybridized carbons (Fsp3) is 0.450. The smallest absolute Gasteiger partial charge is 0.344 e. The molecule has 8 nitrogen and oxygen atoms in total. The zero-order chi connectivity index (χ0) is 22.4. The molecule has 31 heavy (non-hydrogen) atoms. The molecule has 2 aromatic rings. The Kier molecular flexibility index (Phi) is 8.22. The molecule has 1 aromatic heterocycles. The number of likely N-dealkylation sites (tertiary alicyclic amines) is 1. The first-order valence-corrected chi connectivity index (χ1v) is 11.5. The highest BCUT2D eigenvalue weighted by molar-refractivity contribution is 9.10. The van der Waals surface area contributed by atoms with E-state index in [1.165, 1.54) is 25.0 Å². The van der Waals surface area contributed by atoms with Gasteiger partial charge in [-0.25, -0.2) is 14.0 Å². The number of aromatic carboxylic acids is 1. The second kappa shape index (κ2) is 10.9. The van der Waals surface area contributed by atoms with Crippen LogP contribution in [-0.2, 0) is 6.61 Å². The van der Waals surface area contributed by atoms with Crippen molar-refractivity contribution >= 4 is 44.5 Å². The highest BCUT2D eigenvalue weighted by Gasteiger charge is 2.24.